The highest BCUT2D eigenvalue weighted by atomic mass is 35.5. The third kappa shape index (κ3) is 4.59. The fraction of sp³-hybridized carbons (Fsp3) is 0.400. The molecule has 0 aromatic heterocycles. The Morgan fingerprint density at radius 1 is 1.26 bits per heavy atom. The van der Waals surface area contributed by atoms with Crippen LogP contribution in [0.1, 0.15) is 6.92 Å². The zero-order chi connectivity index (χ0) is 16.8. The number of nitrogens with one attached hydrogen (secondary N) is 1. The van der Waals surface area contributed by atoms with E-state index in [2.05, 4.69) is 5.32 Å². The minimum Gasteiger partial charge on any atom is -0.465 e. The van der Waals surface area contributed by atoms with Crippen LogP contribution in [0.2, 0.25) is 5.02 Å². The van der Waals surface area contributed by atoms with Crippen LogP contribution in [0.3, 0.4) is 0 Å². The first kappa shape index (κ1) is 17.1. The standard InChI is InChI=1S/C15H18ClN3O4/c1-2-23-14(21)9-17-13(20)10-18-7-8-19(15(18)22)12-5-3-11(16)4-6-12/h3-6H,2,7-10H2,1H3,(H,17,20). The van der Waals surface area contributed by atoms with Gasteiger partial charge in [0.05, 0.1) is 6.61 Å². The van der Waals surface area contributed by atoms with Gasteiger partial charge in [-0.2, -0.15) is 0 Å². The van der Waals surface area contributed by atoms with Gasteiger partial charge in [-0.3, -0.25) is 14.5 Å². The fourth-order valence-electron chi connectivity index (χ4n) is 2.20. The molecule has 1 aromatic carbocycles. The molecule has 0 atom stereocenters. The monoisotopic (exact) mass is 339 g/mol. The van der Waals surface area contributed by atoms with Gasteiger partial charge in [-0.1, -0.05) is 11.6 Å². The van der Waals surface area contributed by atoms with Crippen LogP contribution in [0.25, 0.3) is 0 Å². The Bertz CT molecular complexity index is 591. The van der Waals surface area contributed by atoms with Crippen molar-refractivity contribution in [3.8, 4) is 0 Å². The van der Waals surface area contributed by atoms with Gasteiger partial charge >= 0.3 is 12.0 Å². The summed E-state index contributed by atoms with van der Waals surface area (Å²) in [5, 5.41) is 3.03. The van der Waals surface area contributed by atoms with Gasteiger partial charge in [0.1, 0.15) is 13.1 Å². The van der Waals surface area contributed by atoms with Gasteiger partial charge in [0.15, 0.2) is 0 Å². The van der Waals surface area contributed by atoms with Gasteiger partial charge in [-0.05, 0) is 31.2 Å². The predicted molar refractivity (Wildman–Crippen MR) is 85.4 cm³/mol. The quantitative estimate of drug-likeness (QED) is 0.791. The third-order valence-corrected chi connectivity index (χ3v) is 3.55. The molecule has 1 aromatic rings. The minimum absolute atomic E-state index is 0.0949. The number of ether oxygens (including phenoxy) is 1. The maximum atomic E-state index is 12.3. The second kappa shape index (κ2) is 7.82. The maximum Gasteiger partial charge on any atom is 0.325 e. The van der Waals surface area contributed by atoms with Crippen LogP contribution in [0.15, 0.2) is 24.3 Å². The van der Waals surface area contributed by atoms with E-state index < -0.39 is 11.9 Å². The Balaban J connectivity index is 1.85. The summed E-state index contributed by atoms with van der Waals surface area (Å²) in [6, 6.07) is 6.67. The Hall–Kier alpha value is -2.28. The van der Waals surface area contributed by atoms with Crippen LogP contribution < -0.4 is 10.2 Å². The molecule has 0 spiro atoms. The third-order valence-electron chi connectivity index (χ3n) is 3.30. The molecule has 8 heteroatoms. The highest BCUT2D eigenvalue weighted by molar-refractivity contribution is 6.30. The van der Waals surface area contributed by atoms with Crippen molar-refractivity contribution in [2.45, 2.75) is 6.92 Å². The average Bonchev–Trinajstić information content (AvgIpc) is 2.88. The molecule has 3 amide bonds. The smallest absolute Gasteiger partial charge is 0.325 e. The molecule has 1 aliphatic rings. The summed E-state index contributed by atoms with van der Waals surface area (Å²) in [6.07, 6.45) is 0. The van der Waals surface area contributed by atoms with Crippen molar-refractivity contribution in [1.82, 2.24) is 10.2 Å². The summed E-state index contributed by atoms with van der Waals surface area (Å²) in [6.45, 7) is 2.58. The van der Waals surface area contributed by atoms with E-state index in [-0.39, 0.29) is 25.7 Å². The van der Waals surface area contributed by atoms with E-state index in [0.29, 0.717) is 18.1 Å². The predicted octanol–water partition coefficient (Wildman–Crippen LogP) is 1.26. The number of hydrogen-bond donors (Lipinski definition) is 1. The molecule has 0 unspecified atom stereocenters. The molecular formula is C15H18ClN3O4. The SMILES string of the molecule is CCOC(=O)CNC(=O)CN1CCN(c2ccc(Cl)cc2)C1=O. The summed E-state index contributed by atoms with van der Waals surface area (Å²) in [4.78, 5) is 38.3. The number of carbonyl (C=O) groups excluding carboxylic acids is 3. The number of rotatable bonds is 6. The fourth-order valence-corrected chi connectivity index (χ4v) is 2.33. The molecule has 7 nitrogen and oxygen atoms in total. The summed E-state index contributed by atoms with van der Waals surface area (Å²) < 4.78 is 4.71. The van der Waals surface area contributed by atoms with Crippen LogP contribution in [-0.4, -0.2) is 55.6 Å². The first-order valence-electron chi connectivity index (χ1n) is 7.25. The van der Waals surface area contributed by atoms with Gasteiger partial charge in [-0.15, -0.1) is 0 Å². The van der Waals surface area contributed by atoms with Crippen LogP contribution >= 0.6 is 11.6 Å². The Labute approximate surface area is 139 Å². The van der Waals surface area contributed by atoms with E-state index in [4.69, 9.17) is 16.3 Å². The number of hydrogen-bond acceptors (Lipinski definition) is 4. The van der Waals surface area contributed by atoms with E-state index >= 15 is 0 Å². The molecule has 0 saturated carbocycles. The second-order valence-corrected chi connectivity index (χ2v) is 5.35. The molecule has 124 valence electrons. The number of benzene rings is 1. The Kier molecular flexibility index (Phi) is 5.81. The molecular weight excluding hydrogens is 322 g/mol. The normalized spacial score (nSPS) is 14.1. The zero-order valence-corrected chi connectivity index (χ0v) is 13.5. The summed E-state index contributed by atoms with van der Waals surface area (Å²) in [7, 11) is 0. The number of halogens is 1. The largest absolute Gasteiger partial charge is 0.465 e. The van der Waals surface area contributed by atoms with Crippen molar-refractivity contribution in [2.24, 2.45) is 0 Å². The lowest BCUT2D eigenvalue weighted by Crippen LogP contribution is -2.41. The summed E-state index contributed by atoms with van der Waals surface area (Å²) >= 11 is 5.83. The number of carbonyl (C=O) groups is 3. The van der Waals surface area contributed by atoms with Crippen molar-refractivity contribution in [3.63, 3.8) is 0 Å². The van der Waals surface area contributed by atoms with Gasteiger partial charge in [0, 0.05) is 23.8 Å². The van der Waals surface area contributed by atoms with Gasteiger partial charge in [-0.25, -0.2) is 4.79 Å². The van der Waals surface area contributed by atoms with Crippen molar-refractivity contribution in [1.29, 1.82) is 0 Å². The molecule has 1 aliphatic heterocycles. The van der Waals surface area contributed by atoms with Crippen LogP contribution in [0.4, 0.5) is 10.5 Å². The van der Waals surface area contributed by atoms with E-state index in [1.54, 1.807) is 36.1 Å². The first-order chi connectivity index (χ1) is 11.0. The molecule has 2 rings (SSSR count). The number of esters is 1. The van der Waals surface area contributed by atoms with Crippen molar-refractivity contribution in [2.75, 3.05) is 37.7 Å². The van der Waals surface area contributed by atoms with Crippen molar-refractivity contribution in [3.05, 3.63) is 29.3 Å². The summed E-state index contributed by atoms with van der Waals surface area (Å²) in [5.41, 5.74) is 0.730. The van der Waals surface area contributed by atoms with Crippen LogP contribution in [0, 0.1) is 0 Å². The van der Waals surface area contributed by atoms with E-state index in [1.165, 1.54) is 4.90 Å². The molecule has 0 radical (unpaired) electrons. The van der Waals surface area contributed by atoms with E-state index in [9.17, 15) is 14.4 Å². The lowest BCUT2D eigenvalue weighted by Gasteiger charge is -2.18. The lowest BCUT2D eigenvalue weighted by molar-refractivity contribution is -0.143. The molecule has 1 fully saturated rings. The molecule has 0 bridgehead atoms. The van der Waals surface area contributed by atoms with Crippen LogP contribution in [-0.2, 0) is 14.3 Å². The molecule has 0 aliphatic carbocycles. The first-order valence-corrected chi connectivity index (χ1v) is 7.63. The Morgan fingerprint density at radius 3 is 2.61 bits per heavy atom. The lowest BCUT2D eigenvalue weighted by atomic mass is 10.3. The number of urea groups is 1. The van der Waals surface area contributed by atoms with Crippen molar-refractivity contribution < 1.29 is 19.1 Å². The minimum atomic E-state index is -0.503. The Morgan fingerprint density at radius 2 is 1.96 bits per heavy atom. The highest BCUT2D eigenvalue weighted by Gasteiger charge is 2.30. The van der Waals surface area contributed by atoms with E-state index in [0.717, 1.165) is 5.69 Å². The van der Waals surface area contributed by atoms with Gasteiger partial charge < -0.3 is 15.0 Å². The highest BCUT2D eigenvalue weighted by Crippen LogP contribution is 2.22. The average molecular weight is 340 g/mol. The van der Waals surface area contributed by atoms with Crippen molar-refractivity contribution >= 4 is 35.2 Å². The van der Waals surface area contributed by atoms with Gasteiger partial charge in [0.25, 0.3) is 0 Å². The molecule has 1 saturated heterocycles. The number of amides is 3. The molecule has 1 N–H and O–H groups in total. The molecule has 1 heterocycles. The van der Waals surface area contributed by atoms with E-state index in [1.807, 2.05) is 0 Å². The molecule has 23 heavy (non-hydrogen) atoms. The topological polar surface area (TPSA) is 79.0 Å². The zero-order valence-electron chi connectivity index (χ0n) is 12.8. The summed E-state index contributed by atoms with van der Waals surface area (Å²) in [5.74, 6) is -0.902. The number of nitrogens with zero attached hydrogens (tertiary/aromatic N) is 2. The van der Waals surface area contributed by atoms with Gasteiger partial charge in [0.2, 0.25) is 5.91 Å². The number of anilines is 1. The maximum absolute atomic E-state index is 12.3. The second-order valence-electron chi connectivity index (χ2n) is 4.91. The van der Waals surface area contributed by atoms with Crippen LogP contribution in [0.5, 0.6) is 0 Å².